The summed E-state index contributed by atoms with van der Waals surface area (Å²) in [6, 6.07) is 8.33. The molecule has 27 heavy (non-hydrogen) atoms. The molecule has 2 fully saturated rings. The van der Waals surface area contributed by atoms with Crippen LogP contribution in [0.1, 0.15) is 11.1 Å². The van der Waals surface area contributed by atoms with Gasteiger partial charge < -0.3 is 20.3 Å². The van der Waals surface area contributed by atoms with Gasteiger partial charge in [0.05, 0.1) is 13.2 Å². The Kier molecular flexibility index (Phi) is 13.3. The average molecular weight is 442 g/mol. The van der Waals surface area contributed by atoms with Crippen LogP contribution in [0.3, 0.4) is 0 Å². The van der Waals surface area contributed by atoms with Crippen molar-refractivity contribution < 1.29 is 9.53 Å². The lowest BCUT2D eigenvalue weighted by molar-refractivity contribution is -0.126. The molecule has 1 aromatic rings. The Morgan fingerprint density at radius 3 is 2.33 bits per heavy atom. The Morgan fingerprint density at radius 2 is 1.74 bits per heavy atom. The maximum absolute atomic E-state index is 12.1. The summed E-state index contributed by atoms with van der Waals surface area (Å²) in [5.74, 6) is 0.0104. The van der Waals surface area contributed by atoms with E-state index in [1.54, 1.807) is 0 Å². The lowest BCUT2D eigenvalue weighted by atomic mass is 10.1. The zero-order valence-corrected chi connectivity index (χ0v) is 18.1. The molecule has 1 aromatic carbocycles. The summed E-state index contributed by atoms with van der Waals surface area (Å²) < 4.78 is 5.32. The molecule has 2 aliphatic heterocycles. The number of nitrogens with zero attached hydrogens (tertiary/aromatic N) is 2. The predicted octanol–water partition coefficient (Wildman–Crippen LogP) is 1.30. The first-order valence-corrected chi connectivity index (χ1v) is 8.78. The minimum absolute atomic E-state index is 0. The van der Waals surface area contributed by atoms with Gasteiger partial charge in [-0.3, -0.25) is 9.69 Å². The zero-order valence-electron chi connectivity index (χ0n) is 15.7. The predicted molar refractivity (Wildman–Crippen MR) is 115 cm³/mol. The van der Waals surface area contributed by atoms with Crippen LogP contribution in [0.15, 0.2) is 24.3 Å². The van der Waals surface area contributed by atoms with Crippen LogP contribution in [0.4, 0.5) is 0 Å². The number of hydrogen-bond donors (Lipinski definition) is 2. The molecule has 0 aromatic heterocycles. The maximum Gasteiger partial charge on any atom is 0.239 e. The number of carbonyl (C=O) groups is 1. The highest BCUT2D eigenvalue weighted by atomic mass is 35.5. The molecular weight excluding hydrogens is 411 g/mol. The van der Waals surface area contributed by atoms with E-state index in [9.17, 15) is 4.79 Å². The Labute approximate surface area is 180 Å². The fourth-order valence-electron chi connectivity index (χ4n) is 3.07. The third-order valence-corrected chi connectivity index (χ3v) is 4.73. The topological polar surface area (TPSA) is 56.8 Å². The fourth-order valence-corrected chi connectivity index (χ4v) is 3.07. The molecule has 0 radical (unpaired) electrons. The molecule has 6 nitrogen and oxygen atoms in total. The number of benzene rings is 1. The molecule has 1 atom stereocenters. The van der Waals surface area contributed by atoms with Gasteiger partial charge in [0.1, 0.15) is 6.04 Å². The van der Waals surface area contributed by atoms with Crippen molar-refractivity contribution in [2.24, 2.45) is 0 Å². The Morgan fingerprint density at radius 1 is 1.11 bits per heavy atom. The molecule has 156 valence electrons. The van der Waals surface area contributed by atoms with Crippen LogP contribution in [-0.2, 0) is 22.6 Å². The minimum Gasteiger partial charge on any atom is -0.378 e. The van der Waals surface area contributed by atoms with Gasteiger partial charge >= 0.3 is 0 Å². The summed E-state index contributed by atoms with van der Waals surface area (Å²) in [6.07, 6.45) is 0. The highest BCUT2D eigenvalue weighted by Gasteiger charge is 2.20. The van der Waals surface area contributed by atoms with Crippen LogP contribution in [0, 0.1) is 0 Å². The SMILES string of the molecule is CN1CCN(Cc2ccc(CNC(=O)C3COCCN3)cc2)CC1.Cl.Cl.Cl. The van der Waals surface area contributed by atoms with Gasteiger partial charge in [-0.15, -0.1) is 37.2 Å². The van der Waals surface area contributed by atoms with E-state index in [1.165, 1.54) is 5.56 Å². The summed E-state index contributed by atoms with van der Waals surface area (Å²) in [4.78, 5) is 16.9. The highest BCUT2D eigenvalue weighted by Crippen LogP contribution is 2.10. The minimum atomic E-state index is -0.227. The summed E-state index contributed by atoms with van der Waals surface area (Å²) >= 11 is 0. The third-order valence-electron chi connectivity index (χ3n) is 4.73. The lowest BCUT2D eigenvalue weighted by Crippen LogP contribution is -2.51. The van der Waals surface area contributed by atoms with Crippen LogP contribution in [0.25, 0.3) is 0 Å². The number of morpholine rings is 1. The largest absolute Gasteiger partial charge is 0.378 e. The fraction of sp³-hybridized carbons (Fsp3) is 0.611. The number of hydrogen-bond acceptors (Lipinski definition) is 5. The molecule has 2 heterocycles. The number of likely N-dealkylation sites (N-methyl/N-ethyl adjacent to an activating group) is 1. The van der Waals surface area contributed by atoms with E-state index in [1.807, 2.05) is 0 Å². The second kappa shape index (κ2) is 13.6. The van der Waals surface area contributed by atoms with Crippen molar-refractivity contribution in [2.45, 2.75) is 19.1 Å². The van der Waals surface area contributed by atoms with Crippen LogP contribution < -0.4 is 10.6 Å². The van der Waals surface area contributed by atoms with E-state index < -0.39 is 0 Å². The molecule has 9 heteroatoms. The first-order valence-electron chi connectivity index (χ1n) is 8.78. The maximum atomic E-state index is 12.1. The molecule has 0 spiro atoms. The van der Waals surface area contributed by atoms with Gasteiger partial charge in [-0.25, -0.2) is 0 Å². The second-order valence-electron chi connectivity index (χ2n) is 6.70. The molecule has 2 N–H and O–H groups in total. The molecule has 0 saturated carbocycles. The molecule has 1 amide bonds. The number of ether oxygens (including phenoxy) is 1. The molecule has 2 saturated heterocycles. The van der Waals surface area contributed by atoms with Gasteiger partial charge in [-0.2, -0.15) is 0 Å². The van der Waals surface area contributed by atoms with Crippen LogP contribution in [0.2, 0.25) is 0 Å². The van der Waals surface area contributed by atoms with E-state index >= 15 is 0 Å². The van der Waals surface area contributed by atoms with Crippen molar-refractivity contribution in [1.29, 1.82) is 0 Å². The first-order chi connectivity index (χ1) is 11.7. The van der Waals surface area contributed by atoms with Crippen molar-refractivity contribution in [3.63, 3.8) is 0 Å². The van der Waals surface area contributed by atoms with E-state index in [0.717, 1.165) is 44.8 Å². The van der Waals surface area contributed by atoms with E-state index in [0.29, 0.717) is 19.8 Å². The molecule has 1 unspecified atom stereocenters. The van der Waals surface area contributed by atoms with Crippen molar-refractivity contribution in [1.82, 2.24) is 20.4 Å². The standard InChI is InChI=1S/C18H28N4O2.3ClH/c1-21-7-9-22(10-8-21)13-16-4-2-15(3-5-16)12-20-18(23)17-14-24-11-6-19-17;;;/h2-5,17,19H,6-14H2,1H3,(H,20,23);3*1H. The van der Waals surface area contributed by atoms with E-state index in [4.69, 9.17) is 4.74 Å². The highest BCUT2D eigenvalue weighted by molar-refractivity contribution is 5.86. The summed E-state index contributed by atoms with van der Waals surface area (Å²) in [5, 5.41) is 6.14. The first kappa shape index (κ1) is 26.4. The van der Waals surface area contributed by atoms with Crippen molar-refractivity contribution in [3.05, 3.63) is 35.4 Å². The number of halogens is 3. The number of carbonyl (C=O) groups excluding carboxylic acids is 1. The van der Waals surface area contributed by atoms with Crippen LogP contribution in [-0.4, -0.2) is 74.7 Å². The van der Waals surface area contributed by atoms with Crippen molar-refractivity contribution in [2.75, 3.05) is 53.0 Å². The van der Waals surface area contributed by atoms with Gasteiger partial charge in [0.2, 0.25) is 5.91 Å². The Hall–Kier alpha value is -0.600. The number of rotatable bonds is 5. The molecule has 3 rings (SSSR count). The van der Waals surface area contributed by atoms with Gasteiger partial charge in [0.25, 0.3) is 0 Å². The monoisotopic (exact) mass is 440 g/mol. The summed E-state index contributed by atoms with van der Waals surface area (Å²) in [7, 11) is 2.18. The molecule has 0 bridgehead atoms. The van der Waals surface area contributed by atoms with Crippen molar-refractivity contribution >= 4 is 43.1 Å². The summed E-state index contributed by atoms with van der Waals surface area (Å²) in [6.45, 7) is 7.98. The molecule has 2 aliphatic rings. The number of amides is 1. The van der Waals surface area contributed by atoms with Gasteiger partial charge in [-0.05, 0) is 18.2 Å². The second-order valence-corrected chi connectivity index (χ2v) is 6.70. The van der Waals surface area contributed by atoms with Crippen LogP contribution >= 0.6 is 37.2 Å². The zero-order chi connectivity index (χ0) is 16.8. The van der Waals surface area contributed by atoms with Gasteiger partial charge in [0, 0.05) is 45.8 Å². The summed E-state index contributed by atoms with van der Waals surface area (Å²) in [5.41, 5.74) is 2.46. The third kappa shape index (κ3) is 8.52. The quantitative estimate of drug-likeness (QED) is 0.721. The normalized spacial score (nSPS) is 20.6. The Balaban J connectivity index is 0.00000225. The molecular formula is C18H31Cl3N4O2. The van der Waals surface area contributed by atoms with Crippen molar-refractivity contribution in [3.8, 4) is 0 Å². The average Bonchev–Trinajstić information content (AvgIpc) is 2.63. The smallest absolute Gasteiger partial charge is 0.239 e. The number of nitrogens with one attached hydrogen (secondary N) is 2. The molecule has 0 aliphatic carbocycles. The van der Waals surface area contributed by atoms with Gasteiger partial charge in [-0.1, -0.05) is 24.3 Å². The Bertz CT molecular complexity index is 534. The number of piperazine rings is 1. The van der Waals surface area contributed by atoms with E-state index in [-0.39, 0.29) is 49.2 Å². The van der Waals surface area contributed by atoms with Crippen LogP contribution in [0.5, 0.6) is 0 Å². The van der Waals surface area contributed by atoms with E-state index in [2.05, 4.69) is 51.7 Å². The van der Waals surface area contributed by atoms with Gasteiger partial charge in [0.15, 0.2) is 0 Å². The lowest BCUT2D eigenvalue weighted by Gasteiger charge is -2.32.